The van der Waals surface area contributed by atoms with Gasteiger partial charge in [0.2, 0.25) is 0 Å². The van der Waals surface area contributed by atoms with E-state index in [1.807, 2.05) is 33.8 Å². The molecule has 0 aromatic carbocycles. The lowest BCUT2D eigenvalue weighted by Crippen LogP contribution is -2.18. The summed E-state index contributed by atoms with van der Waals surface area (Å²) in [4.78, 5) is 0. The predicted octanol–water partition coefficient (Wildman–Crippen LogP) is 9.23. The van der Waals surface area contributed by atoms with Crippen LogP contribution < -0.4 is 0 Å². The largest absolute Gasteiger partial charge is 0.396 e. The molecule has 31 heavy (non-hydrogen) atoms. The van der Waals surface area contributed by atoms with Crippen molar-refractivity contribution in [1.82, 2.24) is 0 Å². The second-order valence-corrected chi connectivity index (χ2v) is 7.76. The smallest absolute Gasteiger partial charge is 0.0485 e. The number of aliphatic hydroxyl groups is 1. The molecule has 0 atom stereocenters. The van der Waals surface area contributed by atoms with Crippen LogP contribution in [0, 0.1) is 5.41 Å². The molecular weight excluding hydrogens is 376 g/mol. The van der Waals surface area contributed by atoms with Crippen LogP contribution in [0.5, 0.6) is 0 Å². The van der Waals surface area contributed by atoms with Gasteiger partial charge in [-0.15, -0.1) is 0 Å². The van der Waals surface area contributed by atoms with Crippen molar-refractivity contribution in [3.63, 3.8) is 0 Å². The number of allylic oxidation sites excluding steroid dienone is 14. The number of rotatable bonds is 10. The predicted molar refractivity (Wildman–Crippen MR) is 143 cm³/mol. The Labute approximate surface area is 194 Å². The highest BCUT2D eigenvalue weighted by atomic mass is 16.3. The summed E-state index contributed by atoms with van der Waals surface area (Å²) >= 11 is 0. The first-order valence-electron chi connectivity index (χ1n) is 11.8. The van der Waals surface area contributed by atoms with Gasteiger partial charge in [0.15, 0.2) is 0 Å². The lowest BCUT2D eigenvalue weighted by atomic mass is 9.81. The van der Waals surface area contributed by atoms with Crippen molar-refractivity contribution in [2.45, 2.75) is 81.6 Å². The molecule has 1 aliphatic carbocycles. The van der Waals surface area contributed by atoms with Gasteiger partial charge in [0.25, 0.3) is 0 Å². The summed E-state index contributed by atoms with van der Waals surface area (Å²) in [6.07, 6.45) is 19.6. The van der Waals surface area contributed by atoms with Crippen molar-refractivity contribution in [3.05, 3.63) is 95.2 Å². The van der Waals surface area contributed by atoms with Gasteiger partial charge in [-0.25, -0.2) is 0 Å². The lowest BCUT2D eigenvalue weighted by Gasteiger charge is -2.25. The Balaban J connectivity index is 0. The van der Waals surface area contributed by atoms with Crippen molar-refractivity contribution in [3.8, 4) is 0 Å². The van der Waals surface area contributed by atoms with E-state index in [1.165, 1.54) is 33.4 Å². The molecular formula is C30H48O. The molecule has 1 aliphatic rings. The molecule has 1 heteroatoms. The van der Waals surface area contributed by atoms with Crippen LogP contribution >= 0.6 is 0 Å². The Morgan fingerprint density at radius 2 is 1.65 bits per heavy atom. The summed E-state index contributed by atoms with van der Waals surface area (Å²) in [5.74, 6) is 0. The Morgan fingerprint density at radius 1 is 1.06 bits per heavy atom. The summed E-state index contributed by atoms with van der Waals surface area (Å²) in [5, 5.41) is 9.88. The standard InChI is InChI=1S/C26H36O.2C2H6/c1-8-12-15-21(11-4)25(22(13-9-2)14-10-3)24(17-23-16-20(23)5)18-26(6,7)19-27;2*1-2/h8-9,11-15,17,27H,1,5,10,16,18-19H2,2-4,6-7H3;2*1-2H3/b13-9-,15-12-,21-11+,22-14+,23-17+,25-24+;;. The molecule has 0 saturated heterocycles. The molecule has 0 unspecified atom stereocenters. The van der Waals surface area contributed by atoms with Crippen molar-refractivity contribution in [1.29, 1.82) is 0 Å². The summed E-state index contributed by atoms with van der Waals surface area (Å²) in [6, 6.07) is 0. The Kier molecular flexibility index (Phi) is 17.6. The fraction of sp³-hybridized carbons (Fsp3) is 0.467. The highest BCUT2D eigenvalue weighted by Crippen LogP contribution is 2.40. The van der Waals surface area contributed by atoms with E-state index in [-0.39, 0.29) is 12.0 Å². The minimum Gasteiger partial charge on any atom is -0.396 e. The van der Waals surface area contributed by atoms with Gasteiger partial charge in [0, 0.05) is 6.61 Å². The molecule has 0 aliphatic heterocycles. The molecule has 1 N–H and O–H groups in total. The Morgan fingerprint density at radius 3 is 2.03 bits per heavy atom. The maximum Gasteiger partial charge on any atom is 0.0485 e. The topological polar surface area (TPSA) is 20.2 Å². The van der Waals surface area contributed by atoms with E-state index in [0.29, 0.717) is 0 Å². The number of aliphatic hydroxyl groups excluding tert-OH is 1. The van der Waals surface area contributed by atoms with Crippen molar-refractivity contribution in [2.24, 2.45) is 5.41 Å². The van der Waals surface area contributed by atoms with Gasteiger partial charge >= 0.3 is 0 Å². The fourth-order valence-corrected chi connectivity index (χ4v) is 3.02. The molecule has 0 amide bonds. The SMILES string of the molecule is C=C\C=C/C(=C\C)C(=C(/C=C1\CC1=C)CC(C)(C)CO)/C(/C=C\C)=C/CC.CC.CC. The van der Waals surface area contributed by atoms with E-state index < -0.39 is 0 Å². The van der Waals surface area contributed by atoms with Crippen LogP contribution in [0.1, 0.15) is 81.6 Å². The molecule has 0 aromatic heterocycles. The van der Waals surface area contributed by atoms with Crippen LogP contribution in [0.2, 0.25) is 0 Å². The van der Waals surface area contributed by atoms with Crippen LogP contribution in [0.4, 0.5) is 0 Å². The first-order valence-corrected chi connectivity index (χ1v) is 11.8. The van der Waals surface area contributed by atoms with Crippen molar-refractivity contribution in [2.75, 3.05) is 6.61 Å². The van der Waals surface area contributed by atoms with Gasteiger partial charge < -0.3 is 5.11 Å². The third kappa shape index (κ3) is 11.7. The highest BCUT2D eigenvalue weighted by Gasteiger charge is 2.25. The number of hydrogen-bond donors (Lipinski definition) is 1. The number of hydrogen-bond acceptors (Lipinski definition) is 1. The van der Waals surface area contributed by atoms with Crippen LogP contribution in [-0.2, 0) is 0 Å². The van der Waals surface area contributed by atoms with E-state index in [1.54, 1.807) is 6.08 Å². The van der Waals surface area contributed by atoms with E-state index in [4.69, 9.17) is 0 Å². The zero-order chi connectivity index (χ0) is 24.4. The quantitative estimate of drug-likeness (QED) is 0.346. The zero-order valence-corrected chi connectivity index (χ0v) is 21.8. The van der Waals surface area contributed by atoms with Crippen molar-refractivity contribution >= 4 is 0 Å². The second kappa shape index (κ2) is 17.5. The highest BCUT2D eigenvalue weighted by molar-refractivity contribution is 5.63. The van der Waals surface area contributed by atoms with Crippen molar-refractivity contribution < 1.29 is 5.11 Å². The van der Waals surface area contributed by atoms with Gasteiger partial charge in [0.05, 0.1) is 0 Å². The monoisotopic (exact) mass is 424 g/mol. The fourth-order valence-electron chi connectivity index (χ4n) is 3.02. The summed E-state index contributed by atoms with van der Waals surface area (Å²) in [5.41, 5.74) is 7.20. The Hall–Kier alpha value is -2.12. The molecule has 1 fully saturated rings. The van der Waals surface area contributed by atoms with E-state index in [9.17, 15) is 5.11 Å². The molecule has 0 aromatic rings. The van der Waals surface area contributed by atoms with Gasteiger partial charge in [0.1, 0.15) is 0 Å². The maximum absolute atomic E-state index is 9.88. The van der Waals surface area contributed by atoms with Gasteiger partial charge in [-0.2, -0.15) is 0 Å². The van der Waals surface area contributed by atoms with Crippen LogP contribution in [0.15, 0.2) is 95.2 Å². The lowest BCUT2D eigenvalue weighted by molar-refractivity contribution is 0.160. The normalized spacial score (nSPS) is 16.6. The molecule has 0 spiro atoms. The first kappa shape index (κ1) is 31.1. The van der Waals surface area contributed by atoms with E-state index >= 15 is 0 Å². The average molecular weight is 425 g/mol. The van der Waals surface area contributed by atoms with E-state index in [0.717, 1.165) is 19.3 Å². The third-order valence-corrected chi connectivity index (χ3v) is 4.57. The Bertz CT molecular complexity index is 730. The molecule has 0 radical (unpaired) electrons. The molecule has 0 heterocycles. The van der Waals surface area contributed by atoms with Gasteiger partial charge in [-0.3, -0.25) is 0 Å². The molecule has 174 valence electrons. The second-order valence-electron chi connectivity index (χ2n) is 7.76. The average Bonchev–Trinajstić information content (AvgIpc) is 3.47. The van der Waals surface area contributed by atoms with Gasteiger partial charge in [-0.05, 0) is 72.0 Å². The first-order chi connectivity index (χ1) is 14.8. The minimum absolute atomic E-state index is 0.151. The van der Waals surface area contributed by atoms with Crippen LogP contribution in [-0.4, -0.2) is 11.7 Å². The molecule has 1 rings (SSSR count). The third-order valence-electron chi connectivity index (χ3n) is 4.57. The van der Waals surface area contributed by atoms with E-state index in [2.05, 4.69) is 84.2 Å². The van der Waals surface area contributed by atoms with Crippen LogP contribution in [0.3, 0.4) is 0 Å². The molecule has 1 saturated carbocycles. The molecule has 0 bridgehead atoms. The maximum atomic E-state index is 9.88. The van der Waals surface area contributed by atoms with Crippen LogP contribution in [0.25, 0.3) is 0 Å². The summed E-state index contributed by atoms with van der Waals surface area (Å²) in [7, 11) is 0. The van der Waals surface area contributed by atoms with Gasteiger partial charge in [-0.1, -0.05) is 110 Å². The molecule has 1 nitrogen and oxygen atoms in total. The minimum atomic E-state index is -0.192. The summed E-state index contributed by atoms with van der Waals surface area (Å²) in [6.45, 7) is 26.6. The summed E-state index contributed by atoms with van der Waals surface area (Å²) < 4.78 is 0. The zero-order valence-electron chi connectivity index (χ0n) is 21.8.